The van der Waals surface area contributed by atoms with Crippen LogP contribution in [0.3, 0.4) is 0 Å². The first-order valence-corrected chi connectivity index (χ1v) is 4.74. The maximum absolute atomic E-state index is 11.5. The normalized spacial score (nSPS) is 12.3. The first-order valence-electron chi connectivity index (χ1n) is 4.74. The van der Waals surface area contributed by atoms with Crippen molar-refractivity contribution in [3.8, 4) is 0 Å². The lowest BCUT2D eigenvalue weighted by atomic mass is 10.1. The molecule has 0 aliphatic carbocycles. The summed E-state index contributed by atoms with van der Waals surface area (Å²) in [6.45, 7) is -0.0963. The Balaban J connectivity index is 2.85. The number of hydrogen-bond acceptors (Lipinski definition) is 3. The van der Waals surface area contributed by atoms with Gasteiger partial charge in [-0.25, -0.2) is 0 Å². The summed E-state index contributed by atoms with van der Waals surface area (Å²) in [7, 11) is 3.41. The SMILES string of the molecule is CN(C)C(=O)c1ccc(C(N)CO)cc1. The number of hydrogen-bond donors (Lipinski definition) is 2. The molecule has 0 fully saturated rings. The van der Waals surface area contributed by atoms with Crippen LogP contribution in [-0.4, -0.2) is 36.6 Å². The molecule has 0 aromatic heterocycles. The Labute approximate surface area is 89.3 Å². The molecule has 4 heteroatoms. The van der Waals surface area contributed by atoms with E-state index >= 15 is 0 Å². The molecule has 1 amide bonds. The molecular formula is C11H16N2O2. The third-order valence-electron chi connectivity index (χ3n) is 2.19. The lowest BCUT2D eigenvalue weighted by Gasteiger charge is -2.12. The van der Waals surface area contributed by atoms with Crippen LogP contribution in [0.2, 0.25) is 0 Å². The summed E-state index contributed by atoms with van der Waals surface area (Å²) in [5.74, 6) is -0.0425. The molecule has 1 rings (SSSR count). The number of carbonyl (C=O) groups excluding carboxylic acids is 1. The van der Waals surface area contributed by atoms with E-state index in [9.17, 15) is 4.79 Å². The van der Waals surface area contributed by atoms with Gasteiger partial charge in [0.25, 0.3) is 5.91 Å². The van der Waals surface area contributed by atoms with Gasteiger partial charge in [-0.2, -0.15) is 0 Å². The van der Waals surface area contributed by atoms with Crippen molar-refractivity contribution in [3.05, 3.63) is 35.4 Å². The second kappa shape index (κ2) is 4.91. The van der Waals surface area contributed by atoms with Gasteiger partial charge >= 0.3 is 0 Å². The quantitative estimate of drug-likeness (QED) is 0.754. The van der Waals surface area contributed by atoms with Crippen molar-refractivity contribution in [3.63, 3.8) is 0 Å². The lowest BCUT2D eigenvalue weighted by Crippen LogP contribution is -2.21. The van der Waals surface area contributed by atoms with Crippen LogP contribution in [0.25, 0.3) is 0 Å². The number of aliphatic hydroxyl groups is 1. The fraction of sp³-hybridized carbons (Fsp3) is 0.364. The van der Waals surface area contributed by atoms with Gasteiger partial charge < -0.3 is 15.7 Å². The van der Waals surface area contributed by atoms with Gasteiger partial charge in [0.05, 0.1) is 12.6 Å². The van der Waals surface area contributed by atoms with Gasteiger partial charge in [-0.1, -0.05) is 12.1 Å². The first kappa shape index (κ1) is 11.7. The van der Waals surface area contributed by atoms with Crippen molar-refractivity contribution in [1.29, 1.82) is 0 Å². The molecule has 0 aliphatic heterocycles. The zero-order chi connectivity index (χ0) is 11.4. The van der Waals surface area contributed by atoms with Gasteiger partial charge in [-0.3, -0.25) is 4.79 Å². The van der Waals surface area contributed by atoms with E-state index in [1.54, 1.807) is 38.4 Å². The van der Waals surface area contributed by atoms with Gasteiger partial charge in [0.1, 0.15) is 0 Å². The predicted octanol–water partition coefficient (Wildman–Crippen LogP) is 0.381. The van der Waals surface area contributed by atoms with Crippen LogP contribution < -0.4 is 5.73 Å². The summed E-state index contributed by atoms with van der Waals surface area (Å²) in [5.41, 5.74) is 7.08. The Morgan fingerprint density at radius 3 is 2.33 bits per heavy atom. The molecule has 0 spiro atoms. The molecule has 0 heterocycles. The number of carbonyl (C=O) groups is 1. The molecule has 82 valence electrons. The molecule has 1 aromatic rings. The number of rotatable bonds is 3. The fourth-order valence-corrected chi connectivity index (χ4v) is 1.24. The van der Waals surface area contributed by atoms with Crippen LogP contribution >= 0.6 is 0 Å². The summed E-state index contributed by atoms with van der Waals surface area (Å²) in [6.07, 6.45) is 0. The molecule has 0 radical (unpaired) electrons. The van der Waals surface area contributed by atoms with Crippen molar-refractivity contribution in [1.82, 2.24) is 4.90 Å². The number of benzene rings is 1. The van der Waals surface area contributed by atoms with Crippen molar-refractivity contribution >= 4 is 5.91 Å². The third-order valence-corrected chi connectivity index (χ3v) is 2.19. The summed E-state index contributed by atoms with van der Waals surface area (Å²) >= 11 is 0. The number of nitrogens with two attached hydrogens (primary N) is 1. The molecule has 0 aliphatic rings. The molecule has 1 aromatic carbocycles. The number of aliphatic hydroxyl groups excluding tert-OH is 1. The van der Waals surface area contributed by atoms with Gasteiger partial charge in [0, 0.05) is 19.7 Å². The summed E-state index contributed by atoms with van der Waals surface area (Å²) in [4.78, 5) is 13.1. The molecule has 1 unspecified atom stereocenters. The van der Waals surface area contributed by atoms with Crippen molar-refractivity contribution in [2.75, 3.05) is 20.7 Å². The van der Waals surface area contributed by atoms with Crippen LogP contribution in [0.5, 0.6) is 0 Å². The largest absolute Gasteiger partial charge is 0.394 e. The Kier molecular flexibility index (Phi) is 3.82. The third kappa shape index (κ3) is 2.78. The van der Waals surface area contributed by atoms with E-state index in [-0.39, 0.29) is 18.6 Å². The fourth-order valence-electron chi connectivity index (χ4n) is 1.24. The molecule has 1 atom stereocenters. The van der Waals surface area contributed by atoms with Crippen LogP contribution in [0.4, 0.5) is 0 Å². The molecule has 15 heavy (non-hydrogen) atoms. The van der Waals surface area contributed by atoms with E-state index in [0.717, 1.165) is 5.56 Å². The van der Waals surface area contributed by atoms with E-state index in [4.69, 9.17) is 10.8 Å². The topological polar surface area (TPSA) is 66.6 Å². The first-order chi connectivity index (χ1) is 7.06. The number of nitrogens with zero attached hydrogens (tertiary/aromatic N) is 1. The van der Waals surface area contributed by atoms with Crippen LogP contribution in [0.1, 0.15) is 22.0 Å². The zero-order valence-corrected chi connectivity index (χ0v) is 8.97. The highest BCUT2D eigenvalue weighted by atomic mass is 16.3. The van der Waals surface area contributed by atoms with Crippen molar-refractivity contribution in [2.24, 2.45) is 5.73 Å². The summed E-state index contributed by atoms with van der Waals surface area (Å²) in [6, 6.07) is 6.57. The monoisotopic (exact) mass is 208 g/mol. The highest BCUT2D eigenvalue weighted by Crippen LogP contribution is 2.11. The Hall–Kier alpha value is -1.39. The minimum Gasteiger partial charge on any atom is -0.394 e. The maximum Gasteiger partial charge on any atom is 0.253 e. The van der Waals surface area contributed by atoms with E-state index < -0.39 is 0 Å². The van der Waals surface area contributed by atoms with Gasteiger partial charge in [0.2, 0.25) is 0 Å². The van der Waals surface area contributed by atoms with Gasteiger partial charge in [-0.15, -0.1) is 0 Å². The minimum atomic E-state index is -0.381. The Morgan fingerprint density at radius 2 is 1.93 bits per heavy atom. The van der Waals surface area contributed by atoms with Crippen LogP contribution in [-0.2, 0) is 0 Å². The molecule has 4 nitrogen and oxygen atoms in total. The second-order valence-corrected chi connectivity index (χ2v) is 3.61. The smallest absolute Gasteiger partial charge is 0.253 e. The maximum atomic E-state index is 11.5. The Morgan fingerprint density at radius 1 is 1.40 bits per heavy atom. The standard InChI is InChI=1S/C11H16N2O2/c1-13(2)11(15)9-5-3-8(4-6-9)10(12)7-14/h3-6,10,14H,7,12H2,1-2H3. The molecule has 3 N–H and O–H groups in total. The summed E-state index contributed by atoms with van der Waals surface area (Å²) in [5, 5.41) is 8.85. The Bertz CT molecular complexity index is 333. The predicted molar refractivity (Wildman–Crippen MR) is 58.5 cm³/mol. The van der Waals surface area contributed by atoms with E-state index in [1.807, 2.05) is 0 Å². The lowest BCUT2D eigenvalue weighted by molar-refractivity contribution is 0.0827. The van der Waals surface area contributed by atoms with Crippen LogP contribution in [0, 0.1) is 0 Å². The van der Waals surface area contributed by atoms with Crippen LogP contribution in [0.15, 0.2) is 24.3 Å². The van der Waals surface area contributed by atoms with Crippen molar-refractivity contribution in [2.45, 2.75) is 6.04 Å². The van der Waals surface area contributed by atoms with E-state index in [0.29, 0.717) is 5.56 Å². The second-order valence-electron chi connectivity index (χ2n) is 3.61. The van der Waals surface area contributed by atoms with E-state index in [1.165, 1.54) is 4.90 Å². The average molecular weight is 208 g/mol. The zero-order valence-electron chi connectivity index (χ0n) is 8.97. The number of amides is 1. The molecular weight excluding hydrogens is 192 g/mol. The van der Waals surface area contributed by atoms with Gasteiger partial charge in [-0.05, 0) is 17.7 Å². The molecule has 0 saturated heterocycles. The summed E-state index contributed by atoms with van der Waals surface area (Å²) < 4.78 is 0. The van der Waals surface area contributed by atoms with E-state index in [2.05, 4.69) is 0 Å². The van der Waals surface area contributed by atoms with Gasteiger partial charge in [0.15, 0.2) is 0 Å². The highest BCUT2D eigenvalue weighted by molar-refractivity contribution is 5.93. The highest BCUT2D eigenvalue weighted by Gasteiger charge is 2.09. The molecule has 0 saturated carbocycles. The minimum absolute atomic E-state index is 0.0425. The van der Waals surface area contributed by atoms with Crippen molar-refractivity contribution < 1.29 is 9.90 Å². The average Bonchev–Trinajstić information content (AvgIpc) is 2.27. The molecule has 0 bridgehead atoms.